The minimum Gasteiger partial charge on any atom is -0.442 e. The van der Waals surface area contributed by atoms with E-state index in [0.29, 0.717) is 11.1 Å². The summed E-state index contributed by atoms with van der Waals surface area (Å²) >= 11 is 0. The number of hydrogen-bond donors (Lipinski definition) is 2. The smallest absolute Gasteiger partial charge is 0.360 e. The number of nitrogens with zero attached hydrogens (tertiary/aromatic N) is 2. The number of esters is 1. The van der Waals surface area contributed by atoms with E-state index in [2.05, 4.69) is 15.5 Å². The summed E-state index contributed by atoms with van der Waals surface area (Å²) in [5, 5.41) is 20.5. The van der Waals surface area contributed by atoms with Gasteiger partial charge in [0.1, 0.15) is 5.69 Å². The first-order valence-electron chi connectivity index (χ1n) is 10.1. The lowest BCUT2D eigenvalue weighted by atomic mass is 10.1. The molecule has 0 fully saturated rings. The summed E-state index contributed by atoms with van der Waals surface area (Å²) in [6.07, 6.45) is -1.44. The van der Waals surface area contributed by atoms with Crippen molar-refractivity contribution in [3.8, 4) is 0 Å². The number of rotatable bonds is 6. The summed E-state index contributed by atoms with van der Waals surface area (Å²) < 4.78 is 5.52. The summed E-state index contributed by atoms with van der Waals surface area (Å²) in [4.78, 5) is 49.1. The molecular weight excluding hydrogens is 440 g/mol. The predicted molar refractivity (Wildman–Crippen MR) is 123 cm³/mol. The molecule has 0 saturated carbocycles. The Kier molecular flexibility index (Phi) is 6.13. The van der Waals surface area contributed by atoms with Gasteiger partial charge in [0.2, 0.25) is 6.10 Å². The molecule has 0 aliphatic carbocycles. The standard InChI is InChI=1S/C24H18N4O6/c1-14-11-12-18(19(13-14)28(32)33)25-23(30)21(15-7-3-2-4-8-15)34-24(31)20-16-9-5-6-10-17(16)22(29)27-26-20/h2-13,21H,1H3,(H,25,30)(H,27,29)/t21-/m1/s1. The van der Waals surface area contributed by atoms with Gasteiger partial charge in [-0.05, 0) is 24.6 Å². The Morgan fingerprint density at radius 1 is 1.03 bits per heavy atom. The topological polar surface area (TPSA) is 144 Å². The highest BCUT2D eigenvalue weighted by molar-refractivity contribution is 6.04. The molecule has 0 aliphatic rings. The molecule has 10 heteroatoms. The van der Waals surface area contributed by atoms with Crippen LogP contribution in [0.3, 0.4) is 0 Å². The highest BCUT2D eigenvalue weighted by atomic mass is 16.6. The van der Waals surface area contributed by atoms with Gasteiger partial charge in [0, 0.05) is 17.0 Å². The molecule has 0 spiro atoms. The van der Waals surface area contributed by atoms with Crippen LogP contribution in [0.15, 0.2) is 77.6 Å². The van der Waals surface area contributed by atoms with Gasteiger partial charge in [-0.25, -0.2) is 9.89 Å². The van der Waals surface area contributed by atoms with Crippen molar-refractivity contribution >= 4 is 34.0 Å². The number of nitro groups is 1. The Hall–Kier alpha value is -4.86. The van der Waals surface area contributed by atoms with E-state index in [-0.39, 0.29) is 27.8 Å². The zero-order chi connectivity index (χ0) is 24.2. The van der Waals surface area contributed by atoms with Gasteiger partial charge in [-0.15, -0.1) is 0 Å². The van der Waals surface area contributed by atoms with E-state index in [1.54, 1.807) is 61.5 Å². The highest BCUT2D eigenvalue weighted by Crippen LogP contribution is 2.28. The van der Waals surface area contributed by atoms with Gasteiger partial charge in [0.15, 0.2) is 5.69 Å². The second-order valence-corrected chi connectivity index (χ2v) is 7.41. The zero-order valence-electron chi connectivity index (χ0n) is 17.8. The summed E-state index contributed by atoms with van der Waals surface area (Å²) in [7, 11) is 0. The largest absolute Gasteiger partial charge is 0.442 e. The Labute approximate surface area is 192 Å². The van der Waals surface area contributed by atoms with Crippen molar-refractivity contribution in [2.45, 2.75) is 13.0 Å². The van der Waals surface area contributed by atoms with Gasteiger partial charge in [-0.1, -0.05) is 54.6 Å². The SMILES string of the molecule is Cc1ccc(NC(=O)[C@H](OC(=O)c2n[nH]c(=O)c3ccccc23)c2ccccc2)c([N+](=O)[O-])c1. The molecule has 4 rings (SSSR count). The lowest BCUT2D eigenvalue weighted by Gasteiger charge is -2.18. The fourth-order valence-electron chi connectivity index (χ4n) is 3.43. The lowest BCUT2D eigenvalue weighted by molar-refractivity contribution is -0.384. The van der Waals surface area contributed by atoms with Crippen molar-refractivity contribution in [3.05, 3.63) is 110 Å². The molecule has 1 heterocycles. The molecule has 10 nitrogen and oxygen atoms in total. The van der Waals surface area contributed by atoms with E-state index in [1.165, 1.54) is 18.2 Å². The van der Waals surface area contributed by atoms with Gasteiger partial charge < -0.3 is 10.1 Å². The van der Waals surface area contributed by atoms with E-state index in [4.69, 9.17) is 4.74 Å². The number of aromatic nitrogens is 2. The highest BCUT2D eigenvalue weighted by Gasteiger charge is 2.29. The van der Waals surface area contributed by atoms with Gasteiger partial charge in [-0.2, -0.15) is 5.10 Å². The summed E-state index contributed by atoms with van der Waals surface area (Å²) in [6.45, 7) is 1.69. The van der Waals surface area contributed by atoms with Crippen LogP contribution in [0, 0.1) is 17.0 Å². The molecular formula is C24H18N4O6. The van der Waals surface area contributed by atoms with Crippen molar-refractivity contribution in [1.29, 1.82) is 0 Å². The number of nitrogens with one attached hydrogen (secondary N) is 2. The number of aryl methyl sites for hydroxylation is 1. The van der Waals surface area contributed by atoms with Crippen molar-refractivity contribution in [3.63, 3.8) is 0 Å². The van der Waals surface area contributed by atoms with Gasteiger partial charge >= 0.3 is 5.97 Å². The van der Waals surface area contributed by atoms with Crippen LogP contribution in [0.4, 0.5) is 11.4 Å². The van der Waals surface area contributed by atoms with E-state index in [0.717, 1.165) is 0 Å². The average molecular weight is 458 g/mol. The second kappa shape index (κ2) is 9.33. The van der Waals surface area contributed by atoms with Crippen LogP contribution in [-0.4, -0.2) is 27.0 Å². The number of anilines is 1. The normalized spacial score (nSPS) is 11.6. The number of hydrogen-bond acceptors (Lipinski definition) is 7. The Balaban J connectivity index is 1.69. The van der Waals surface area contributed by atoms with E-state index < -0.39 is 28.5 Å². The molecule has 1 atom stereocenters. The number of ether oxygens (including phenoxy) is 1. The first kappa shape index (κ1) is 22.3. The number of carbonyl (C=O) groups is 2. The van der Waals surface area contributed by atoms with Crippen LogP contribution < -0.4 is 10.9 Å². The van der Waals surface area contributed by atoms with Crippen molar-refractivity contribution in [1.82, 2.24) is 10.2 Å². The molecule has 0 saturated heterocycles. The van der Waals surface area contributed by atoms with Crippen molar-refractivity contribution in [2.24, 2.45) is 0 Å². The molecule has 170 valence electrons. The third-order valence-electron chi connectivity index (χ3n) is 5.06. The number of fused-ring (bicyclic) bond motifs is 1. The zero-order valence-corrected chi connectivity index (χ0v) is 17.8. The predicted octanol–water partition coefficient (Wildman–Crippen LogP) is 3.68. The van der Waals surface area contributed by atoms with Crippen LogP contribution in [0.5, 0.6) is 0 Å². The van der Waals surface area contributed by atoms with Gasteiger partial charge in [-0.3, -0.25) is 19.7 Å². The minimum absolute atomic E-state index is 0.0369. The molecule has 3 aromatic carbocycles. The first-order valence-corrected chi connectivity index (χ1v) is 10.1. The maximum absolute atomic E-state index is 13.2. The monoisotopic (exact) mass is 458 g/mol. The summed E-state index contributed by atoms with van der Waals surface area (Å²) in [5.41, 5.74) is 0.00927. The van der Waals surface area contributed by atoms with Crippen molar-refractivity contribution in [2.75, 3.05) is 5.32 Å². The number of benzene rings is 3. The van der Waals surface area contributed by atoms with Gasteiger partial charge in [0.25, 0.3) is 17.2 Å². The summed E-state index contributed by atoms with van der Waals surface area (Å²) in [5.74, 6) is -1.74. The fraction of sp³-hybridized carbons (Fsp3) is 0.0833. The number of nitro benzene ring substituents is 1. The summed E-state index contributed by atoms with van der Waals surface area (Å²) in [6, 6.07) is 18.9. The Morgan fingerprint density at radius 3 is 2.41 bits per heavy atom. The fourth-order valence-corrected chi connectivity index (χ4v) is 3.43. The number of amides is 1. The molecule has 34 heavy (non-hydrogen) atoms. The second-order valence-electron chi connectivity index (χ2n) is 7.41. The van der Waals surface area contributed by atoms with Gasteiger partial charge in [0.05, 0.1) is 10.3 Å². The quantitative estimate of drug-likeness (QED) is 0.255. The third kappa shape index (κ3) is 4.51. The maximum atomic E-state index is 13.2. The van der Waals surface area contributed by atoms with Crippen molar-refractivity contribution < 1.29 is 19.2 Å². The third-order valence-corrected chi connectivity index (χ3v) is 5.06. The van der Waals surface area contributed by atoms with E-state index >= 15 is 0 Å². The number of aromatic amines is 1. The molecule has 1 amide bonds. The molecule has 0 unspecified atom stereocenters. The molecule has 4 aromatic rings. The molecule has 0 aliphatic heterocycles. The van der Waals surface area contributed by atoms with Crippen LogP contribution in [0.1, 0.15) is 27.7 Å². The Morgan fingerprint density at radius 2 is 1.71 bits per heavy atom. The van der Waals surface area contributed by atoms with Crippen LogP contribution >= 0.6 is 0 Å². The maximum Gasteiger partial charge on any atom is 0.360 e. The number of H-pyrrole nitrogens is 1. The van der Waals surface area contributed by atoms with Crippen LogP contribution in [-0.2, 0) is 9.53 Å². The molecule has 1 aromatic heterocycles. The van der Waals surface area contributed by atoms with Crippen LogP contribution in [0.2, 0.25) is 0 Å². The first-order chi connectivity index (χ1) is 16.3. The van der Waals surface area contributed by atoms with E-state index in [9.17, 15) is 24.5 Å². The van der Waals surface area contributed by atoms with Crippen LogP contribution in [0.25, 0.3) is 10.8 Å². The molecule has 0 radical (unpaired) electrons. The minimum atomic E-state index is -1.44. The lowest BCUT2D eigenvalue weighted by Crippen LogP contribution is -2.27. The number of carbonyl (C=O) groups excluding carboxylic acids is 2. The Bertz CT molecular complexity index is 1470. The van der Waals surface area contributed by atoms with E-state index in [1.807, 2.05) is 0 Å². The average Bonchev–Trinajstić information content (AvgIpc) is 2.84. The molecule has 0 bridgehead atoms. The molecule has 2 N–H and O–H groups in total.